The van der Waals surface area contributed by atoms with Gasteiger partial charge in [0.05, 0.1) is 163 Å². The van der Waals surface area contributed by atoms with E-state index in [1.54, 1.807) is 18.2 Å². The molecule has 0 aromatic heterocycles. The standard InChI is InChI=1S/C46H86O15S/c1-2-3-4-5-6-7-8-9-10-11-12-13-14-18-21-49-22-23-50-24-25-51-26-27-52-28-29-53-30-31-54-32-33-55-34-35-56-36-37-57-38-39-58-40-41-59-42-43-60-44-45-61-62(47,48)46-19-16-15-17-20-46/h15-17,19-20H,2-14,18,21-45H2,1H3. The normalized spacial score (nSPS) is 11.9. The second-order valence-electron chi connectivity index (χ2n) is 14.5. The summed E-state index contributed by atoms with van der Waals surface area (Å²) >= 11 is 0. The van der Waals surface area contributed by atoms with Gasteiger partial charge in [0, 0.05) is 6.61 Å². The summed E-state index contributed by atoms with van der Waals surface area (Å²) in [5.74, 6) is 0. The minimum atomic E-state index is -3.76. The molecule has 0 saturated carbocycles. The van der Waals surface area contributed by atoms with E-state index in [4.69, 9.17) is 61.0 Å². The third-order valence-corrected chi connectivity index (χ3v) is 10.6. The minimum absolute atomic E-state index is 0.0590. The van der Waals surface area contributed by atoms with E-state index in [2.05, 4.69) is 6.92 Å². The van der Waals surface area contributed by atoms with Gasteiger partial charge in [0.2, 0.25) is 0 Å². The summed E-state index contributed by atoms with van der Waals surface area (Å²) in [6.45, 7) is 14.0. The second-order valence-corrected chi connectivity index (χ2v) is 16.1. The van der Waals surface area contributed by atoms with Crippen LogP contribution < -0.4 is 0 Å². The first-order valence-corrected chi connectivity index (χ1v) is 24.9. The Labute approximate surface area is 375 Å². The predicted octanol–water partition coefficient (Wildman–Crippen LogP) is 7.07. The van der Waals surface area contributed by atoms with Gasteiger partial charge >= 0.3 is 0 Å². The van der Waals surface area contributed by atoms with Gasteiger partial charge in [-0.05, 0) is 18.6 Å². The number of benzene rings is 1. The van der Waals surface area contributed by atoms with E-state index < -0.39 is 10.1 Å². The zero-order valence-corrected chi connectivity index (χ0v) is 39.3. The van der Waals surface area contributed by atoms with Gasteiger partial charge in [-0.1, -0.05) is 109 Å². The fourth-order valence-corrected chi connectivity index (χ4v) is 6.69. The Hall–Kier alpha value is -1.35. The van der Waals surface area contributed by atoms with Crippen LogP contribution in [-0.2, 0) is 71.1 Å². The van der Waals surface area contributed by atoms with Crippen molar-refractivity contribution in [2.75, 3.05) is 165 Å². The maximum absolute atomic E-state index is 12.0. The Morgan fingerprint density at radius 2 is 0.516 bits per heavy atom. The van der Waals surface area contributed by atoms with Crippen molar-refractivity contribution in [3.63, 3.8) is 0 Å². The summed E-state index contributed by atoms with van der Waals surface area (Å²) in [5.41, 5.74) is 0. The van der Waals surface area contributed by atoms with Crippen LogP contribution in [-0.4, -0.2) is 174 Å². The van der Waals surface area contributed by atoms with E-state index >= 15 is 0 Å². The van der Waals surface area contributed by atoms with Crippen molar-refractivity contribution in [2.24, 2.45) is 0 Å². The lowest BCUT2D eigenvalue weighted by molar-refractivity contribution is -0.0285. The van der Waals surface area contributed by atoms with Crippen LogP contribution >= 0.6 is 0 Å². The first kappa shape index (κ1) is 58.7. The minimum Gasteiger partial charge on any atom is -0.379 e. The molecule has 0 heterocycles. The van der Waals surface area contributed by atoms with E-state index in [0.717, 1.165) is 13.0 Å². The summed E-state index contributed by atoms with van der Waals surface area (Å²) in [5, 5.41) is 0. The highest BCUT2D eigenvalue weighted by Crippen LogP contribution is 2.13. The molecule has 62 heavy (non-hydrogen) atoms. The molecule has 0 radical (unpaired) electrons. The molecule has 0 aliphatic heterocycles. The third kappa shape index (κ3) is 43.9. The molecule has 0 spiro atoms. The van der Waals surface area contributed by atoms with Gasteiger partial charge in [0.1, 0.15) is 0 Å². The molecule has 0 atom stereocenters. The highest BCUT2D eigenvalue weighted by atomic mass is 32.2. The summed E-state index contributed by atoms with van der Waals surface area (Å²) < 4.78 is 95.0. The average molecular weight is 911 g/mol. The predicted molar refractivity (Wildman–Crippen MR) is 240 cm³/mol. The smallest absolute Gasteiger partial charge is 0.297 e. The third-order valence-electron chi connectivity index (χ3n) is 9.23. The molecule has 0 aliphatic rings. The lowest BCUT2D eigenvalue weighted by Gasteiger charge is -2.09. The highest BCUT2D eigenvalue weighted by molar-refractivity contribution is 7.86. The van der Waals surface area contributed by atoms with Crippen molar-refractivity contribution in [3.8, 4) is 0 Å². The molecule has 0 N–H and O–H groups in total. The number of hydrogen-bond acceptors (Lipinski definition) is 15. The van der Waals surface area contributed by atoms with Gasteiger partial charge in [-0.2, -0.15) is 8.42 Å². The molecular weight excluding hydrogens is 825 g/mol. The van der Waals surface area contributed by atoms with Gasteiger partial charge in [0.25, 0.3) is 10.1 Å². The fourth-order valence-electron chi connectivity index (χ4n) is 5.78. The molecule has 0 amide bonds. The Morgan fingerprint density at radius 3 is 0.790 bits per heavy atom. The van der Waals surface area contributed by atoms with Crippen LogP contribution in [0.1, 0.15) is 96.8 Å². The summed E-state index contributed by atoms with van der Waals surface area (Å²) in [4.78, 5) is 0.121. The van der Waals surface area contributed by atoms with Crippen molar-refractivity contribution in [1.82, 2.24) is 0 Å². The second kappa shape index (κ2) is 49.1. The van der Waals surface area contributed by atoms with Gasteiger partial charge in [-0.25, -0.2) is 0 Å². The first-order valence-electron chi connectivity index (χ1n) is 23.5. The monoisotopic (exact) mass is 911 g/mol. The number of unbranched alkanes of at least 4 members (excludes halogenated alkanes) is 13. The van der Waals surface area contributed by atoms with E-state index in [9.17, 15) is 8.42 Å². The summed E-state index contributed by atoms with van der Waals surface area (Å²) in [7, 11) is -3.76. The number of hydrogen-bond donors (Lipinski definition) is 0. The van der Waals surface area contributed by atoms with Crippen molar-refractivity contribution >= 4 is 10.1 Å². The molecule has 0 aliphatic carbocycles. The highest BCUT2D eigenvalue weighted by Gasteiger charge is 2.13. The Kier molecular flexibility index (Phi) is 46.5. The average Bonchev–Trinajstić information content (AvgIpc) is 3.28. The van der Waals surface area contributed by atoms with Gasteiger partial charge in [-0.15, -0.1) is 0 Å². The van der Waals surface area contributed by atoms with E-state index in [1.165, 1.54) is 95.6 Å². The van der Waals surface area contributed by atoms with Crippen LogP contribution in [0.25, 0.3) is 0 Å². The Morgan fingerprint density at radius 1 is 0.290 bits per heavy atom. The van der Waals surface area contributed by atoms with Crippen molar-refractivity contribution < 1.29 is 69.4 Å². The molecule has 1 aromatic rings. The molecule has 0 bridgehead atoms. The van der Waals surface area contributed by atoms with Crippen LogP contribution in [0.4, 0.5) is 0 Å². The molecule has 0 saturated heterocycles. The van der Waals surface area contributed by atoms with Gasteiger partial charge < -0.3 is 56.8 Å². The van der Waals surface area contributed by atoms with Crippen LogP contribution in [0.3, 0.4) is 0 Å². The Bertz CT molecular complexity index is 1100. The van der Waals surface area contributed by atoms with Gasteiger partial charge in [0.15, 0.2) is 0 Å². The largest absolute Gasteiger partial charge is 0.379 e. The van der Waals surface area contributed by atoms with Crippen molar-refractivity contribution in [1.29, 1.82) is 0 Å². The number of rotatable bonds is 53. The molecule has 15 nitrogen and oxygen atoms in total. The van der Waals surface area contributed by atoms with E-state index in [0.29, 0.717) is 145 Å². The number of ether oxygens (including phenoxy) is 12. The molecule has 1 rings (SSSR count). The molecule has 1 aromatic carbocycles. The first-order chi connectivity index (χ1) is 30.7. The maximum atomic E-state index is 12.0. The van der Waals surface area contributed by atoms with E-state index in [1.807, 2.05) is 0 Å². The van der Waals surface area contributed by atoms with Crippen LogP contribution in [0.15, 0.2) is 35.2 Å². The van der Waals surface area contributed by atoms with Crippen molar-refractivity contribution in [2.45, 2.75) is 102 Å². The van der Waals surface area contributed by atoms with Crippen LogP contribution in [0.2, 0.25) is 0 Å². The van der Waals surface area contributed by atoms with Crippen LogP contribution in [0, 0.1) is 0 Å². The van der Waals surface area contributed by atoms with Crippen LogP contribution in [0.5, 0.6) is 0 Å². The SMILES string of the molecule is CCCCCCCCCCCCCCCCOCCOCCOCCOCCOCCOCCOCCOCCOCCOCCOCCOCCOS(=O)(=O)c1ccccc1. The zero-order chi connectivity index (χ0) is 44.4. The topological polar surface area (TPSA) is 154 Å². The van der Waals surface area contributed by atoms with Crippen molar-refractivity contribution in [3.05, 3.63) is 30.3 Å². The van der Waals surface area contributed by atoms with E-state index in [-0.39, 0.29) is 18.1 Å². The molecule has 366 valence electrons. The molecule has 16 heteroatoms. The quantitative estimate of drug-likeness (QED) is 0.0483. The maximum Gasteiger partial charge on any atom is 0.297 e. The molecule has 0 unspecified atom stereocenters. The lowest BCUT2D eigenvalue weighted by atomic mass is 10.0. The summed E-state index contributed by atoms with van der Waals surface area (Å²) in [6, 6.07) is 7.99. The molecular formula is C46H86O15S. The fraction of sp³-hybridized carbons (Fsp3) is 0.870. The molecule has 0 fully saturated rings. The zero-order valence-electron chi connectivity index (χ0n) is 38.5. The lowest BCUT2D eigenvalue weighted by Crippen LogP contribution is -2.16. The van der Waals surface area contributed by atoms with Gasteiger partial charge in [-0.3, -0.25) is 4.18 Å². The Balaban J connectivity index is 1.62. The summed E-state index contributed by atoms with van der Waals surface area (Å²) in [6.07, 6.45) is 19.2.